The molecule has 1 fully saturated rings. The highest BCUT2D eigenvalue weighted by atomic mass is 15.3. The van der Waals surface area contributed by atoms with E-state index in [4.69, 9.17) is 0 Å². The van der Waals surface area contributed by atoms with Gasteiger partial charge in [0.25, 0.3) is 0 Å². The first-order chi connectivity index (χ1) is 9.47. The predicted molar refractivity (Wildman–Crippen MR) is 87.5 cm³/mol. The van der Waals surface area contributed by atoms with Crippen LogP contribution in [0, 0.1) is 6.92 Å². The van der Waals surface area contributed by atoms with Crippen LogP contribution < -0.4 is 10.2 Å². The molecule has 0 bridgehead atoms. The number of likely N-dealkylation sites (N-methyl/N-ethyl adjacent to an activating group) is 1. The van der Waals surface area contributed by atoms with E-state index in [1.54, 1.807) is 0 Å². The molecule has 1 aliphatic rings. The van der Waals surface area contributed by atoms with E-state index in [0.29, 0.717) is 12.1 Å². The SMILES string of the molecule is Cc1cc(N2CCN(C)C(C)C2)ccc1CNC(C)C. The largest absolute Gasteiger partial charge is 0.369 e. The van der Waals surface area contributed by atoms with Crippen molar-refractivity contribution in [3.8, 4) is 0 Å². The fraction of sp³-hybridized carbons (Fsp3) is 0.647. The van der Waals surface area contributed by atoms with Crippen LogP contribution in [0.2, 0.25) is 0 Å². The van der Waals surface area contributed by atoms with Crippen molar-refractivity contribution in [1.82, 2.24) is 10.2 Å². The summed E-state index contributed by atoms with van der Waals surface area (Å²) in [6.07, 6.45) is 0. The molecule has 0 amide bonds. The van der Waals surface area contributed by atoms with Gasteiger partial charge in [0.05, 0.1) is 0 Å². The standard InChI is InChI=1S/C17H29N3/c1-13(2)18-11-16-6-7-17(10-14(16)3)20-9-8-19(5)15(4)12-20/h6-7,10,13,15,18H,8-9,11-12H2,1-5H3. The van der Waals surface area contributed by atoms with E-state index in [1.807, 2.05) is 0 Å². The summed E-state index contributed by atoms with van der Waals surface area (Å²) in [6.45, 7) is 13.3. The topological polar surface area (TPSA) is 18.5 Å². The molecule has 1 aromatic rings. The lowest BCUT2D eigenvalue weighted by Crippen LogP contribution is -2.50. The molecule has 0 aliphatic carbocycles. The van der Waals surface area contributed by atoms with E-state index in [0.717, 1.165) is 26.2 Å². The summed E-state index contributed by atoms with van der Waals surface area (Å²) in [7, 11) is 2.22. The third-order valence-corrected chi connectivity index (χ3v) is 4.35. The van der Waals surface area contributed by atoms with Gasteiger partial charge < -0.3 is 15.1 Å². The van der Waals surface area contributed by atoms with Gasteiger partial charge in [0.2, 0.25) is 0 Å². The Hall–Kier alpha value is -1.06. The van der Waals surface area contributed by atoms with Crippen LogP contribution in [0.1, 0.15) is 31.9 Å². The molecular weight excluding hydrogens is 246 g/mol. The monoisotopic (exact) mass is 275 g/mol. The van der Waals surface area contributed by atoms with Crippen molar-refractivity contribution in [2.24, 2.45) is 0 Å². The van der Waals surface area contributed by atoms with Crippen molar-refractivity contribution < 1.29 is 0 Å². The summed E-state index contributed by atoms with van der Waals surface area (Å²) in [5.41, 5.74) is 4.17. The van der Waals surface area contributed by atoms with Crippen LogP contribution in [0.4, 0.5) is 5.69 Å². The maximum Gasteiger partial charge on any atom is 0.0370 e. The van der Waals surface area contributed by atoms with Crippen molar-refractivity contribution in [3.63, 3.8) is 0 Å². The first-order valence-corrected chi connectivity index (χ1v) is 7.75. The molecule has 1 aromatic carbocycles. The molecule has 3 nitrogen and oxygen atoms in total. The van der Waals surface area contributed by atoms with E-state index in [9.17, 15) is 0 Å². The average molecular weight is 275 g/mol. The Balaban J connectivity index is 2.05. The fourth-order valence-electron chi connectivity index (χ4n) is 2.67. The van der Waals surface area contributed by atoms with Crippen LogP contribution in [0.25, 0.3) is 0 Å². The summed E-state index contributed by atoms with van der Waals surface area (Å²) in [5, 5.41) is 3.49. The minimum Gasteiger partial charge on any atom is -0.369 e. The molecule has 1 N–H and O–H groups in total. The lowest BCUT2D eigenvalue weighted by Gasteiger charge is -2.39. The summed E-state index contributed by atoms with van der Waals surface area (Å²) in [5.74, 6) is 0. The van der Waals surface area contributed by atoms with E-state index < -0.39 is 0 Å². The van der Waals surface area contributed by atoms with E-state index in [2.05, 4.69) is 68.1 Å². The Morgan fingerprint density at radius 2 is 2.05 bits per heavy atom. The molecule has 0 spiro atoms. The highest BCUT2D eigenvalue weighted by Crippen LogP contribution is 2.22. The molecule has 20 heavy (non-hydrogen) atoms. The lowest BCUT2D eigenvalue weighted by molar-refractivity contribution is 0.234. The van der Waals surface area contributed by atoms with Crippen LogP contribution >= 0.6 is 0 Å². The molecule has 1 atom stereocenters. The fourth-order valence-corrected chi connectivity index (χ4v) is 2.67. The summed E-state index contributed by atoms with van der Waals surface area (Å²) < 4.78 is 0. The van der Waals surface area contributed by atoms with Gasteiger partial charge in [-0.05, 0) is 44.2 Å². The number of nitrogens with zero attached hydrogens (tertiary/aromatic N) is 2. The summed E-state index contributed by atoms with van der Waals surface area (Å²) in [6, 6.07) is 8.07. The first kappa shape index (κ1) is 15.3. The smallest absolute Gasteiger partial charge is 0.0370 e. The second-order valence-corrected chi connectivity index (χ2v) is 6.42. The number of hydrogen-bond donors (Lipinski definition) is 1. The molecule has 112 valence electrons. The quantitative estimate of drug-likeness (QED) is 0.911. The van der Waals surface area contributed by atoms with Crippen LogP contribution in [-0.4, -0.2) is 43.7 Å². The molecular formula is C17H29N3. The third-order valence-electron chi connectivity index (χ3n) is 4.35. The average Bonchev–Trinajstić information content (AvgIpc) is 2.40. The zero-order valence-electron chi connectivity index (χ0n) is 13.6. The number of hydrogen-bond acceptors (Lipinski definition) is 3. The number of piperazine rings is 1. The third kappa shape index (κ3) is 3.74. The Kier molecular flexibility index (Phi) is 5.06. The van der Waals surface area contributed by atoms with Crippen molar-refractivity contribution in [3.05, 3.63) is 29.3 Å². The number of rotatable bonds is 4. The predicted octanol–water partition coefficient (Wildman–Crippen LogP) is 2.63. The van der Waals surface area contributed by atoms with Gasteiger partial charge in [0.1, 0.15) is 0 Å². The molecule has 1 aliphatic heterocycles. The maximum atomic E-state index is 3.49. The molecule has 0 saturated carbocycles. The van der Waals surface area contributed by atoms with Crippen LogP contribution in [0.15, 0.2) is 18.2 Å². The van der Waals surface area contributed by atoms with E-state index >= 15 is 0 Å². The van der Waals surface area contributed by atoms with Crippen molar-refractivity contribution in [2.75, 3.05) is 31.6 Å². The van der Waals surface area contributed by atoms with Crippen LogP contribution in [-0.2, 0) is 6.54 Å². The van der Waals surface area contributed by atoms with Gasteiger partial charge in [0, 0.05) is 44.0 Å². The molecule has 0 aromatic heterocycles. The Labute approximate surface area is 124 Å². The number of anilines is 1. The highest BCUT2D eigenvalue weighted by Gasteiger charge is 2.20. The van der Waals surface area contributed by atoms with E-state index in [1.165, 1.54) is 16.8 Å². The van der Waals surface area contributed by atoms with Gasteiger partial charge in [-0.3, -0.25) is 0 Å². The Morgan fingerprint density at radius 3 is 2.65 bits per heavy atom. The number of nitrogens with one attached hydrogen (secondary N) is 1. The van der Waals surface area contributed by atoms with Crippen molar-refractivity contribution in [2.45, 2.75) is 46.3 Å². The van der Waals surface area contributed by atoms with E-state index in [-0.39, 0.29) is 0 Å². The van der Waals surface area contributed by atoms with Crippen molar-refractivity contribution >= 4 is 5.69 Å². The van der Waals surface area contributed by atoms with Crippen LogP contribution in [0.5, 0.6) is 0 Å². The van der Waals surface area contributed by atoms with Gasteiger partial charge >= 0.3 is 0 Å². The van der Waals surface area contributed by atoms with Gasteiger partial charge in [-0.25, -0.2) is 0 Å². The molecule has 1 heterocycles. The molecule has 1 saturated heterocycles. The lowest BCUT2D eigenvalue weighted by atomic mass is 10.1. The van der Waals surface area contributed by atoms with Gasteiger partial charge in [-0.2, -0.15) is 0 Å². The van der Waals surface area contributed by atoms with Crippen LogP contribution in [0.3, 0.4) is 0 Å². The minimum absolute atomic E-state index is 0.535. The molecule has 1 unspecified atom stereocenters. The molecule has 0 radical (unpaired) electrons. The van der Waals surface area contributed by atoms with Gasteiger partial charge in [0.15, 0.2) is 0 Å². The van der Waals surface area contributed by atoms with Gasteiger partial charge in [-0.15, -0.1) is 0 Å². The first-order valence-electron chi connectivity index (χ1n) is 7.75. The minimum atomic E-state index is 0.535. The maximum absolute atomic E-state index is 3.49. The van der Waals surface area contributed by atoms with Gasteiger partial charge in [-0.1, -0.05) is 19.9 Å². The summed E-state index contributed by atoms with van der Waals surface area (Å²) >= 11 is 0. The molecule has 3 heteroatoms. The molecule has 2 rings (SSSR count). The second kappa shape index (κ2) is 6.59. The highest BCUT2D eigenvalue weighted by molar-refractivity contribution is 5.51. The second-order valence-electron chi connectivity index (χ2n) is 6.42. The summed E-state index contributed by atoms with van der Waals surface area (Å²) in [4.78, 5) is 4.95. The zero-order chi connectivity index (χ0) is 14.7. The zero-order valence-corrected chi connectivity index (χ0v) is 13.6. The van der Waals surface area contributed by atoms with Crippen molar-refractivity contribution in [1.29, 1.82) is 0 Å². The normalized spacial score (nSPS) is 20.7. The number of aryl methyl sites for hydroxylation is 1. The Bertz CT molecular complexity index is 442. The number of benzene rings is 1. The Morgan fingerprint density at radius 1 is 1.30 bits per heavy atom.